The molecule has 0 atom stereocenters. The van der Waals surface area contributed by atoms with Crippen molar-refractivity contribution in [1.29, 1.82) is 0 Å². The summed E-state index contributed by atoms with van der Waals surface area (Å²) in [6, 6.07) is 13.8. The Kier molecular flexibility index (Phi) is 2.86. The van der Waals surface area contributed by atoms with Gasteiger partial charge < -0.3 is 0 Å². The molecule has 0 radical (unpaired) electrons. The number of benzene rings is 2. The third-order valence-electron chi connectivity index (χ3n) is 2.47. The first-order chi connectivity index (χ1) is 7.68. The molecule has 2 aromatic carbocycles. The van der Waals surface area contributed by atoms with E-state index >= 15 is 0 Å². The van der Waals surface area contributed by atoms with Crippen molar-refractivity contribution in [3.8, 4) is 0 Å². The molecule has 2 aromatic rings. The van der Waals surface area contributed by atoms with Crippen molar-refractivity contribution in [2.45, 2.75) is 13.8 Å². The summed E-state index contributed by atoms with van der Waals surface area (Å²) in [6.45, 7) is 3.87. The summed E-state index contributed by atoms with van der Waals surface area (Å²) in [5.41, 5.74) is 1.80. The van der Waals surface area contributed by atoms with Gasteiger partial charge in [-0.3, -0.25) is 4.79 Å². The van der Waals surface area contributed by atoms with Gasteiger partial charge in [0, 0.05) is 5.56 Å². The Bertz CT molecular complexity index is 555. The van der Waals surface area contributed by atoms with Crippen LogP contribution in [-0.4, -0.2) is 5.78 Å². The van der Waals surface area contributed by atoms with Gasteiger partial charge in [0.15, 0.2) is 5.78 Å². The van der Waals surface area contributed by atoms with Gasteiger partial charge in [-0.1, -0.05) is 48.0 Å². The zero-order valence-corrected chi connectivity index (χ0v) is 9.53. The summed E-state index contributed by atoms with van der Waals surface area (Å²) in [5.74, 6) is 0.0804. The van der Waals surface area contributed by atoms with Gasteiger partial charge in [0.2, 0.25) is 0 Å². The highest BCUT2D eigenvalue weighted by atomic mass is 16.1. The molecule has 0 spiro atoms. The maximum absolute atomic E-state index is 12.0. The molecule has 0 fully saturated rings. The van der Waals surface area contributed by atoms with E-state index in [0.29, 0.717) is 0 Å². The molecule has 0 aromatic heterocycles. The first-order valence-electron chi connectivity index (χ1n) is 5.35. The monoisotopic (exact) mass is 210 g/mol. The molecule has 0 amide bonds. The normalized spacial score (nSPS) is 10.1. The molecule has 0 N–H and O–H groups in total. The predicted octanol–water partition coefficient (Wildman–Crippen LogP) is 3.99. The zero-order chi connectivity index (χ0) is 11.5. The van der Waals surface area contributed by atoms with E-state index in [1.807, 2.05) is 56.3 Å². The van der Waals surface area contributed by atoms with Crippen LogP contribution < -0.4 is 0 Å². The molecule has 2 rings (SSSR count). The summed E-state index contributed by atoms with van der Waals surface area (Å²) in [5, 5.41) is 2.13. The van der Waals surface area contributed by atoms with Crippen molar-refractivity contribution in [1.82, 2.24) is 0 Å². The summed E-state index contributed by atoms with van der Waals surface area (Å²) in [4.78, 5) is 12.0. The fourth-order valence-electron chi connectivity index (χ4n) is 1.78. The quantitative estimate of drug-likeness (QED) is 0.541. The van der Waals surface area contributed by atoms with Gasteiger partial charge in [0.25, 0.3) is 0 Å². The van der Waals surface area contributed by atoms with Gasteiger partial charge in [-0.25, -0.2) is 0 Å². The highest BCUT2D eigenvalue weighted by molar-refractivity contribution is 6.13. The number of allylic oxidation sites excluding steroid dienone is 2. The number of rotatable bonds is 2. The van der Waals surface area contributed by atoms with E-state index in [4.69, 9.17) is 0 Å². The van der Waals surface area contributed by atoms with Crippen LogP contribution in [0.5, 0.6) is 0 Å². The molecule has 0 saturated heterocycles. The van der Waals surface area contributed by atoms with Crippen molar-refractivity contribution in [2.75, 3.05) is 0 Å². The average Bonchev–Trinajstić information content (AvgIpc) is 2.27. The molecule has 0 saturated carbocycles. The first-order valence-corrected chi connectivity index (χ1v) is 5.35. The topological polar surface area (TPSA) is 17.1 Å². The lowest BCUT2D eigenvalue weighted by Crippen LogP contribution is -1.96. The SMILES string of the molecule is CC(C)=CC(=O)c1cccc2ccccc12. The van der Waals surface area contributed by atoms with Crippen LogP contribution in [-0.2, 0) is 0 Å². The van der Waals surface area contributed by atoms with Gasteiger partial charge in [0.1, 0.15) is 0 Å². The van der Waals surface area contributed by atoms with Crippen LogP contribution in [0.4, 0.5) is 0 Å². The minimum absolute atomic E-state index is 0.0804. The molecule has 0 heterocycles. The van der Waals surface area contributed by atoms with Crippen molar-refractivity contribution in [3.05, 3.63) is 59.7 Å². The Morgan fingerprint density at radius 1 is 1.00 bits per heavy atom. The fraction of sp³-hybridized carbons (Fsp3) is 0.133. The molecule has 0 aliphatic heterocycles. The number of hydrogen-bond donors (Lipinski definition) is 0. The minimum Gasteiger partial charge on any atom is -0.289 e. The fourth-order valence-corrected chi connectivity index (χ4v) is 1.78. The second-order valence-electron chi connectivity index (χ2n) is 4.11. The standard InChI is InChI=1S/C15H14O/c1-11(2)10-15(16)14-9-5-7-12-6-3-4-8-13(12)14/h3-10H,1-2H3. The van der Waals surface area contributed by atoms with Gasteiger partial charge in [-0.05, 0) is 30.7 Å². The lowest BCUT2D eigenvalue weighted by Gasteiger charge is -2.03. The minimum atomic E-state index is 0.0804. The third kappa shape index (κ3) is 2.03. The van der Waals surface area contributed by atoms with E-state index in [-0.39, 0.29) is 5.78 Å². The lowest BCUT2D eigenvalue weighted by atomic mass is 10.0. The molecular weight excluding hydrogens is 196 g/mol. The number of ketones is 1. The molecule has 1 nitrogen and oxygen atoms in total. The summed E-state index contributed by atoms with van der Waals surface area (Å²) >= 11 is 0. The molecule has 80 valence electrons. The van der Waals surface area contributed by atoms with Crippen molar-refractivity contribution in [2.24, 2.45) is 0 Å². The summed E-state index contributed by atoms with van der Waals surface area (Å²) < 4.78 is 0. The van der Waals surface area contributed by atoms with Crippen LogP contribution in [0.3, 0.4) is 0 Å². The van der Waals surface area contributed by atoms with E-state index in [2.05, 4.69) is 0 Å². The van der Waals surface area contributed by atoms with E-state index in [0.717, 1.165) is 21.9 Å². The Morgan fingerprint density at radius 2 is 1.69 bits per heavy atom. The van der Waals surface area contributed by atoms with E-state index < -0.39 is 0 Å². The number of carbonyl (C=O) groups excluding carboxylic acids is 1. The van der Waals surface area contributed by atoms with Gasteiger partial charge >= 0.3 is 0 Å². The molecule has 1 heteroatoms. The van der Waals surface area contributed by atoms with Crippen molar-refractivity contribution >= 4 is 16.6 Å². The average molecular weight is 210 g/mol. The maximum Gasteiger partial charge on any atom is 0.186 e. The maximum atomic E-state index is 12.0. The van der Waals surface area contributed by atoms with E-state index in [9.17, 15) is 4.79 Å². The van der Waals surface area contributed by atoms with Crippen LogP contribution in [0.25, 0.3) is 10.8 Å². The van der Waals surface area contributed by atoms with Crippen molar-refractivity contribution < 1.29 is 4.79 Å². The van der Waals surface area contributed by atoms with Crippen LogP contribution in [0.15, 0.2) is 54.1 Å². The smallest absolute Gasteiger partial charge is 0.186 e. The number of hydrogen-bond acceptors (Lipinski definition) is 1. The highest BCUT2D eigenvalue weighted by Gasteiger charge is 2.06. The van der Waals surface area contributed by atoms with Gasteiger partial charge in [-0.15, -0.1) is 0 Å². The van der Waals surface area contributed by atoms with Gasteiger partial charge in [-0.2, -0.15) is 0 Å². The molecule has 0 aliphatic carbocycles. The van der Waals surface area contributed by atoms with E-state index in [1.165, 1.54) is 0 Å². The number of carbonyl (C=O) groups is 1. The third-order valence-corrected chi connectivity index (χ3v) is 2.47. The highest BCUT2D eigenvalue weighted by Crippen LogP contribution is 2.19. The Balaban J connectivity index is 2.61. The number of fused-ring (bicyclic) bond motifs is 1. The van der Waals surface area contributed by atoms with Crippen LogP contribution >= 0.6 is 0 Å². The second kappa shape index (κ2) is 4.31. The van der Waals surface area contributed by atoms with Crippen LogP contribution in [0, 0.1) is 0 Å². The summed E-state index contributed by atoms with van der Waals surface area (Å²) in [7, 11) is 0. The molecule has 0 aliphatic rings. The molecule has 0 unspecified atom stereocenters. The van der Waals surface area contributed by atoms with Crippen LogP contribution in [0.2, 0.25) is 0 Å². The van der Waals surface area contributed by atoms with Gasteiger partial charge in [0.05, 0.1) is 0 Å². The second-order valence-corrected chi connectivity index (χ2v) is 4.11. The van der Waals surface area contributed by atoms with Crippen LogP contribution in [0.1, 0.15) is 24.2 Å². The lowest BCUT2D eigenvalue weighted by molar-refractivity contribution is 0.104. The molecule has 0 bridgehead atoms. The first kappa shape index (κ1) is 10.6. The Morgan fingerprint density at radius 3 is 2.44 bits per heavy atom. The molecular formula is C15H14O. The van der Waals surface area contributed by atoms with Crippen molar-refractivity contribution in [3.63, 3.8) is 0 Å². The molecule has 16 heavy (non-hydrogen) atoms. The summed E-state index contributed by atoms with van der Waals surface area (Å²) in [6.07, 6.45) is 1.68. The zero-order valence-electron chi connectivity index (χ0n) is 9.53. The largest absolute Gasteiger partial charge is 0.289 e. The predicted molar refractivity (Wildman–Crippen MR) is 67.7 cm³/mol. The van der Waals surface area contributed by atoms with E-state index in [1.54, 1.807) is 6.08 Å². The Labute approximate surface area is 95.4 Å². The Hall–Kier alpha value is -1.89.